The van der Waals surface area contributed by atoms with Crippen molar-refractivity contribution in [1.82, 2.24) is 19.6 Å². The minimum Gasteiger partial charge on any atom is -0.231 e. The molecule has 0 aliphatic rings. The molecule has 0 amide bonds. The maximum Gasteiger partial charge on any atom is 0.160 e. The highest BCUT2D eigenvalue weighted by Gasteiger charge is 2.23. The standard InChI is InChI=1S/C57H38N4/c1-6-19-39(20-7-1)51-38-52(59-57(58-51)43-27-14-5-15-28-43)47-32-17-30-45(36-47)44-29-16-31-46(35-44)48-33-18-34-49-50(48)37-53(40-21-8-2-9-22-40)61-56(49)54(41-23-10-3-11-24-41)55(60-61)42-25-12-4-13-26-42/h1-38H. The van der Waals surface area contributed by atoms with Gasteiger partial charge in [0.1, 0.15) is 5.69 Å². The lowest BCUT2D eigenvalue weighted by Crippen LogP contribution is -1.97. The molecule has 11 aromatic rings. The van der Waals surface area contributed by atoms with E-state index >= 15 is 0 Å². The van der Waals surface area contributed by atoms with E-state index in [0.717, 1.165) is 94.9 Å². The molecule has 0 saturated carbocycles. The maximum atomic E-state index is 5.43. The van der Waals surface area contributed by atoms with Crippen molar-refractivity contribution in [3.05, 3.63) is 231 Å². The van der Waals surface area contributed by atoms with Crippen LogP contribution >= 0.6 is 0 Å². The number of pyridine rings is 1. The second-order valence-electron chi connectivity index (χ2n) is 15.2. The molecule has 61 heavy (non-hydrogen) atoms. The Bertz CT molecular complexity index is 3270. The Kier molecular flexibility index (Phi) is 9.14. The van der Waals surface area contributed by atoms with Gasteiger partial charge in [0.15, 0.2) is 5.82 Å². The molecule has 8 aromatic carbocycles. The molecule has 0 radical (unpaired) electrons. The predicted molar refractivity (Wildman–Crippen MR) is 252 cm³/mol. The molecular weight excluding hydrogens is 741 g/mol. The van der Waals surface area contributed by atoms with Crippen LogP contribution < -0.4 is 0 Å². The quantitative estimate of drug-likeness (QED) is 0.154. The molecule has 0 saturated heterocycles. The third kappa shape index (κ3) is 6.76. The van der Waals surface area contributed by atoms with Crippen molar-refractivity contribution in [3.63, 3.8) is 0 Å². The first-order valence-electron chi connectivity index (χ1n) is 20.6. The summed E-state index contributed by atoms with van der Waals surface area (Å²) in [5.74, 6) is 0.703. The molecule has 0 aliphatic carbocycles. The number of nitrogens with zero attached hydrogens (tertiary/aromatic N) is 4. The van der Waals surface area contributed by atoms with Gasteiger partial charge in [-0.3, -0.25) is 0 Å². The van der Waals surface area contributed by atoms with E-state index in [4.69, 9.17) is 15.1 Å². The fourth-order valence-electron chi connectivity index (χ4n) is 8.50. The smallest absolute Gasteiger partial charge is 0.160 e. The minimum atomic E-state index is 0.703. The lowest BCUT2D eigenvalue weighted by molar-refractivity contribution is 0.979. The van der Waals surface area contributed by atoms with Crippen molar-refractivity contribution in [1.29, 1.82) is 0 Å². The molecular formula is C57H38N4. The van der Waals surface area contributed by atoms with E-state index in [9.17, 15) is 0 Å². The zero-order valence-corrected chi connectivity index (χ0v) is 33.2. The van der Waals surface area contributed by atoms with Crippen molar-refractivity contribution in [2.24, 2.45) is 0 Å². The molecule has 0 aliphatic heterocycles. The molecule has 0 atom stereocenters. The first-order valence-corrected chi connectivity index (χ1v) is 20.6. The monoisotopic (exact) mass is 778 g/mol. The SMILES string of the molecule is c1ccc(-c2cc(-c3cccc(-c4cccc(-c5cccc6c5cc(-c5ccccc5)n5nc(-c7ccccc7)c(-c7ccccc7)c65)c4)c3)nc(-c3ccccc3)n2)cc1. The summed E-state index contributed by atoms with van der Waals surface area (Å²) < 4.78 is 2.16. The van der Waals surface area contributed by atoms with Crippen molar-refractivity contribution < 1.29 is 0 Å². The van der Waals surface area contributed by atoms with Gasteiger partial charge in [-0.05, 0) is 57.5 Å². The summed E-state index contributed by atoms with van der Waals surface area (Å²) in [6.07, 6.45) is 0. The molecule has 3 aromatic heterocycles. The van der Waals surface area contributed by atoms with Gasteiger partial charge in [0.2, 0.25) is 0 Å². The average molecular weight is 779 g/mol. The number of aromatic nitrogens is 4. The third-order valence-electron chi connectivity index (χ3n) is 11.4. The fraction of sp³-hybridized carbons (Fsp3) is 0. The minimum absolute atomic E-state index is 0.703. The Morgan fingerprint density at radius 1 is 0.311 bits per heavy atom. The summed E-state index contributed by atoms with van der Waals surface area (Å²) in [7, 11) is 0. The Morgan fingerprint density at radius 2 is 0.787 bits per heavy atom. The highest BCUT2D eigenvalue weighted by molar-refractivity contribution is 6.12. The fourth-order valence-corrected chi connectivity index (χ4v) is 8.50. The largest absolute Gasteiger partial charge is 0.231 e. The van der Waals surface area contributed by atoms with Crippen molar-refractivity contribution >= 4 is 16.3 Å². The van der Waals surface area contributed by atoms with Crippen molar-refractivity contribution in [2.45, 2.75) is 0 Å². The summed E-state index contributed by atoms with van der Waals surface area (Å²) in [5, 5.41) is 7.74. The van der Waals surface area contributed by atoms with E-state index in [1.54, 1.807) is 0 Å². The van der Waals surface area contributed by atoms with Gasteiger partial charge in [-0.1, -0.05) is 206 Å². The van der Waals surface area contributed by atoms with E-state index < -0.39 is 0 Å². The zero-order valence-electron chi connectivity index (χ0n) is 33.2. The van der Waals surface area contributed by atoms with Crippen molar-refractivity contribution in [3.8, 4) is 89.8 Å². The second-order valence-corrected chi connectivity index (χ2v) is 15.2. The number of benzene rings is 8. The van der Waals surface area contributed by atoms with Crippen LogP contribution in [0.1, 0.15) is 0 Å². The zero-order chi connectivity index (χ0) is 40.5. The Hall–Kier alpha value is -8.21. The molecule has 4 heteroatoms. The third-order valence-corrected chi connectivity index (χ3v) is 11.4. The van der Waals surface area contributed by atoms with Crippen LogP contribution in [0.4, 0.5) is 0 Å². The van der Waals surface area contributed by atoms with E-state index in [-0.39, 0.29) is 0 Å². The van der Waals surface area contributed by atoms with Crippen LogP contribution in [0.2, 0.25) is 0 Å². The summed E-state index contributed by atoms with van der Waals surface area (Å²) >= 11 is 0. The van der Waals surface area contributed by atoms with Gasteiger partial charge in [0.25, 0.3) is 0 Å². The summed E-state index contributed by atoms with van der Waals surface area (Å²) in [6, 6.07) is 81.0. The molecule has 0 unspecified atom stereocenters. The molecule has 4 nitrogen and oxygen atoms in total. The normalized spacial score (nSPS) is 11.3. The molecule has 0 fully saturated rings. The average Bonchev–Trinajstić information content (AvgIpc) is 3.76. The molecule has 286 valence electrons. The van der Waals surface area contributed by atoms with Crippen LogP contribution in [0.15, 0.2) is 231 Å². The first kappa shape index (κ1) is 35.9. The predicted octanol–water partition coefficient (Wildman–Crippen LogP) is 14.6. The van der Waals surface area contributed by atoms with Crippen LogP contribution in [0, 0.1) is 0 Å². The number of fused-ring (bicyclic) bond motifs is 3. The highest BCUT2D eigenvalue weighted by Crippen LogP contribution is 2.43. The molecule has 0 N–H and O–H groups in total. The molecule has 0 spiro atoms. The van der Waals surface area contributed by atoms with Crippen LogP contribution in [-0.2, 0) is 0 Å². The Balaban J connectivity index is 1.08. The van der Waals surface area contributed by atoms with E-state index in [2.05, 4.69) is 199 Å². The number of hydrogen-bond acceptors (Lipinski definition) is 3. The van der Waals surface area contributed by atoms with Gasteiger partial charge in [0, 0.05) is 38.8 Å². The molecule has 11 rings (SSSR count). The van der Waals surface area contributed by atoms with Crippen LogP contribution in [0.3, 0.4) is 0 Å². The summed E-state index contributed by atoms with van der Waals surface area (Å²) in [6.45, 7) is 0. The highest BCUT2D eigenvalue weighted by atomic mass is 15.2. The Morgan fingerprint density at radius 3 is 1.43 bits per heavy atom. The van der Waals surface area contributed by atoms with Crippen LogP contribution in [0.25, 0.3) is 106 Å². The van der Waals surface area contributed by atoms with Gasteiger partial charge >= 0.3 is 0 Å². The van der Waals surface area contributed by atoms with Crippen LogP contribution in [-0.4, -0.2) is 19.6 Å². The lowest BCUT2D eigenvalue weighted by atomic mass is 9.92. The van der Waals surface area contributed by atoms with E-state index in [1.807, 2.05) is 36.4 Å². The van der Waals surface area contributed by atoms with Crippen molar-refractivity contribution in [2.75, 3.05) is 0 Å². The summed E-state index contributed by atoms with van der Waals surface area (Å²) in [4.78, 5) is 10.1. The lowest BCUT2D eigenvalue weighted by Gasteiger charge is -2.15. The van der Waals surface area contributed by atoms with Gasteiger partial charge in [-0.25, -0.2) is 14.5 Å². The maximum absolute atomic E-state index is 5.43. The van der Waals surface area contributed by atoms with E-state index in [0.29, 0.717) is 5.82 Å². The van der Waals surface area contributed by atoms with E-state index in [1.165, 1.54) is 5.39 Å². The topological polar surface area (TPSA) is 43.1 Å². The number of hydrogen-bond donors (Lipinski definition) is 0. The Labute approximate surface area is 354 Å². The van der Waals surface area contributed by atoms with Gasteiger partial charge in [-0.2, -0.15) is 5.10 Å². The molecule has 0 bridgehead atoms. The molecule has 3 heterocycles. The van der Waals surface area contributed by atoms with Gasteiger partial charge < -0.3 is 0 Å². The first-order chi connectivity index (χ1) is 30.2. The second kappa shape index (κ2) is 15.5. The number of rotatable bonds is 8. The van der Waals surface area contributed by atoms with Gasteiger partial charge in [-0.15, -0.1) is 0 Å². The van der Waals surface area contributed by atoms with Gasteiger partial charge in [0.05, 0.1) is 22.6 Å². The summed E-state index contributed by atoms with van der Waals surface area (Å²) in [5.41, 5.74) is 16.9. The van der Waals surface area contributed by atoms with Crippen LogP contribution in [0.5, 0.6) is 0 Å².